The van der Waals surface area contributed by atoms with Gasteiger partial charge in [0.1, 0.15) is 83.0 Å². The van der Waals surface area contributed by atoms with E-state index in [4.69, 9.17) is 64.2 Å². The number of anilines is 3. The fourth-order valence-corrected chi connectivity index (χ4v) is 19.9. The summed E-state index contributed by atoms with van der Waals surface area (Å²) >= 11 is 6.88. The lowest BCUT2D eigenvalue weighted by Gasteiger charge is -2.42. The van der Waals surface area contributed by atoms with Crippen molar-refractivity contribution in [2.75, 3.05) is 108 Å². The van der Waals surface area contributed by atoms with Crippen LogP contribution < -0.4 is 41.0 Å². The van der Waals surface area contributed by atoms with Gasteiger partial charge in [-0.2, -0.15) is 0 Å². The van der Waals surface area contributed by atoms with E-state index >= 15 is 0 Å². The van der Waals surface area contributed by atoms with Crippen LogP contribution in [0, 0.1) is 5.92 Å². The predicted molar refractivity (Wildman–Crippen MR) is 573 cm³/mol. The first-order valence-corrected chi connectivity index (χ1v) is 53.9. The number of allylic oxidation sites excluding steroid dienone is 3. The van der Waals surface area contributed by atoms with Crippen molar-refractivity contribution in [3.8, 4) is 22.6 Å². The van der Waals surface area contributed by atoms with Gasteiger partial charge in [-0.05, 0) is 146 Å². The quantitative estimate of drug-likeness (QED) is 0.00759. The topological polar surface area (TPSA) is 420 Å². The highest BCUT2D eigenvalue weighted by atomic mass is 35.5. The number of likely N-dealkylation sites (N-methyl/N-ethyl adjacent to an activating group) is 1. The van der Waals surface area contributed by atoms with Gasteiger partial charge in [-0.25, -0.2) is 29.5 Å². The molecule has 38 heteroatoms. The molecule has 8 N–H and O–H groups in total. The number of rotatable bonds is 57. The number of esters is 1. The number of epoxide rings is 1. The van der Waals surface area contributed by atoms with Crippen LogP contribution in [0.25, 0.3) is 11.1 Å². The largest absolute Gasteiger partial charge is 0.495 e. The molecule has 149 heavy (non-hydrogen) atoms. The number of imidazole rings is 2. The van der Waals surface area contributed by atoms with E-state index in [1.165, 1.54) is 59.6 Å². The summed E-state index contributed by atoms with van der Waals surface area (Å²) in [7, 11) is 8.82. The van der Waals surface area contributed by atoms with Gasteiger partial charge < -0.3 is 93.7 Å². The minimum Gasteiger partial charge on any atom is -0.495 e. The molecule has 0 unspecified atom stereocenters. The van der Waals surface area contributed by atoms with Crippen LogP contribution in [0.4, 0.5) is 22.1 Å². The Balaban J connectivity index is 0.563. The summed E-state index contributed by atoms with van der Waals surface area (Å²) in [6.45, 7) is 15.8. The van der Waals surface area contributed by atoms with Gasteiger partial charge in [0.2, 0.25) is 41.4 Å². The van der Waals surface area contributed by atoms with Crippen LogP contribution in [0.5, 0.6) is 11.5 Å². The molecule has 4 aromatic heterocycles. The van der Waals surface area contributed by atoms with E-state index in [-0.39, 0.29) is 119 Å². The number of hydrogen-bond acceptors (Lipinski definition) is 27. The highest BCUT2D eigenvalue weighted by molar-refractivity contribution is 8.76. The van der Waals surface area contributed by atoms with E-state index < -0.39 is 65.7 Å². The molecule has 8 amide bonds. The molecule has 3 aliphatic rings. The van der Waals surface area contributed by atoms with Gasteiger partial charge in [0.05, 0.1) is 82.8 Å². The minimum atomic E-state index is -1.89. The fourth-order valence-electron chi connectivity index (χ4n) is 17.6. The number of benzene rings is 5. The van der Waals surface area contributed by atoms with Crippen LogP contribution >= 0.6 is 33.2 Å². The van der Waals surface area contributed by atoms with Crippen LogP contribution in [0.3, 0.4) is 0 Å². The maximum absolute atomic E-state index is 14.5. The highest BCUT2D eigenvalue weighted by Crippen LogP contribution is 2.50. The number of aromatic amines is 2. The second kappa shape index (κ2) is 59.3. The molecule has 0 spiro atoms. The molecule has 12 rings (SSSR count). The number of aliphatic hydroxyl groups is 1. The first kappa shape index (κ1) is 115. The van der Waals surface area contributed by atoms with Crippen molar-refractivity contribution in [3.63, 3.8) is 0 Å². The molecule has 4 bridgehead atoms. The third-order valence-electron chi connectivity index (χ3n) is 26.1. The molecule has 9 aromatic rings. The minimum absolute atomic E-state index is 0.0674. The molecule has 0 aliphatic carbocycles. The number of ether oxygens (including phenoxy) is 9. The summed E-state index contributed by atoms with van der Waals surface area (Å²) in [5, 5.41) is 26.5. The Hall–Kier alpha value is -12.4. The molecule has 0 saturated carbocycles. The number of methoxy groups -OCH3 is 2. The molecular formula is C111H143ClN16O19S2. The fraction of sp³-hybridized carbons (Fsp3) is 0.468. The van der Waals surface area contributed by atoms with Gasteiger partial charge in [0.25, 0.3) is 0 Å². The number of carbonyl (C=O) groups is 9. The summed E-state index contributed by atoms with van der Waals surface area (Å²) in [4.78, 5) is 156. The number of fused-ring (bicyclic) bond motifs is 5. The Morgan fingerprint density at radius 2 is 1.21 bits per heavy atom. The lowest BCUT2D eigenvalue weighted by atomic mass is 9.83. The first-order chi connectivity index (χ1) is 72.0. The molecule has 5 aromatic carbocycles. The van der Waals surface area contributed by atoms with E-state index in [0.717, 1.165) is 112 Å². The van der Waals surface area contributed by atoms with Gasteiger partial charge in [-0.1, -0.05) is 201 Å². The number of nitrogens with zero attached hydrogens (tertiary/aromatic N) is 9. The van der Waals surface area contributed by atoms with Crippen molar-refractivity contribution in [2.45, 2.75) is 239 Å². The SMILES string of the molecule is CCCCCC(=O)Nc1cccc(CN(Cc2cc(CN(Cc3cccc(NC(=O)CCCCC)n3)Cc3ncc[nH]3)cc(OCCCCN(Cc3ccc(-c4ccccc4)cc3)C(=O)COCCOCCOCC(=O)NCc3ccc(CNC(=O)CCSSCCC(=O)N(C)[C@H](C)C(=O)O[C@@H]4CC(=O)N(C)c5cc(cc(OC)c5Cl)C/C(C)=C/C=C/[C@H](OC)[C@]5(O)C[C@@H](OC(=O)N5)[C@H](C)[C@H]5O[C@]54C)cc3)c2)Cc2ncc[nH]2)n1. The van der Waals surface area contributed by atoms with Crippen LogP contribution in [0.2, 0.25) is 5.02 Å². The Morgan fingerprint density at radius 3 is 1.81 bits per heavy atom. The Bertz CT molecular complexity index is 5750. The van der Waals surface area contributed by atoms with Gasteiger partial charge in [0, 0.05) is 148 Å². The number of amides is 8. The Labute approximate surface area is 885 Å². The summed E-state index contributed by atoms with van der Waals surface area (Å²) in [6, 6.07) is 46.0. The average molecular weight is 2110 g/mol. The molecule has 35 nitrogen and oxygen atoms in total. The first-order valence-electron chi connectivity index (χ1n) is 51.1. The van der Waals surface area contributed by atoms with Crippen LogP contribution in [0.1, 0.15) is 188 Å². The average Bonchev–Trinajstić information content (AvgIpc) is 1.57. The number of hydrogen-bond donors (Lipinski definition) is 8. The van der Waals surface area contributed by atoms with Gasteiger partial charge in [-0.15, -0.1) is 0 Å². The molecule has 8 atom stereocenters. The normalized spacial score (nSPS) is 18.4. The number of H-pyrrole nitrogens is 2. The lowest BCUT2D eigenvalue weighted by Crippen LogP contribution is -2.63. The van der Waals surface area contributed by atoms with Crippen LogP contribution in [-0.2, 0) is 137 Å². The number of halogens is 1. The van der Waals surface area contributed by atoms with E-state index in [2.05, 4.69) is 113 Å². The number of carbonyl (C=O) groups excluding carboxylic acids is 9. The summed E-state index contributed by atoms with van der Waals surface area (Å²) < 4.78 is 53.8. The van der Waals surface area contributed by atoms with Crippen molar-refractivity contribution in [1.82, 2.24) is 65.5 Å². The smallest absolute Gasteiger partial charge is 0.409 e. The zero-order valence-electron chi connectivity index (χ0n) is 86.9. The van der Waals surface area contributed by atoms with Crippen LogP contribution in [0.15, 0.2) is 194 Å². The van der Waals surface area contributed by atoms with Crippen molar-refractivity contribution in [2.24, 2.45) is 5.92 Å². The molecule has 7 heterocycles. The van der Waals surface area contributed by atoms with E-state index in [1.807, 2.05) is 109 Å². The third-order valence-corrected chi connectivity index (χ3v) is 28.9. The summed E-state index contributed by atoms with van der Waals surface area (Å²) in [5.74, 6) is 1.39. The number of nitrogens with one attached hydrogen (secondary N) is 7. The molecule has 3 aliphatic heterocycles. The Kier molecular flexibility index (Phi) is 45.9. The summed E-state index contributed by atoms with van der Waals surface area (Å²) in [5.41, 5.74) is 7.13. The zero-order chi connectivity index (χ0) is 106. The lowest BCUT2D eigenvalue weighted by molar-refractivity contribution is -0.162. The van der Waals surface area contributed by atoms with Crippen molar-refractivity contribution in [1.29, 1.82) is 0 Å². The molecular weight excluding hydrogens is 1960 g/mol. The standard InChI is InChI=1S/C111H143ClN16O19S2/c1-11-13-16-33-100(130)121-95-31-23-28-87(119-95)70-126(72-97-113-45-46-114-97)67-83-58-84(68-127(73-98-115-47-48-116-98)71-88-29-24-32-96(120-88)122-101(131)34-17-14-12-2)60-89(59-83)144-50-21-20-49-128(69-81-39-41-86(42-40-81)85-26-18-15-19-27-85)105(135)75-143-54-52-141-51-53-142-74-102(132)118-66-80-37-35-79(36-38-80)65-117-99(129)43-55-148-149-56-44-103(133)124(7)78(5)108(136)146-94-63-104(134)125(8)90-61-82(62-91(139-9)106(90)112)57-76(3)25-22-30-93(140-10)111(138)64-92(145-109(137)123-111)77(4)107-110(94,6)147-107/h15,18-19,22-32,35-42,45-48,58-62,77-78,92-94,107,138H,11-14,16-17,20-21,33-34,43-44,49-57,63-75H2,1-10H3,(H,113,114)(H,115,116)(H,117,129)(H,118,132)(H,123,137)(H,119,121,130)(H,120,122,131)/b30-22+,76-25+/t77-,78+,92+,93-,94+,107+,110-,111+/m0/s1. The van der Waals surface area contributed by atoms with Crippen molar-refractivity contribution >= 4 is 104 Å². The molecule has 2 saturated heterocycles. The zero-order valence-corrected chi connectivity index (χ0v) is 89.3. The monoisotopic (exact) mass is 2100 g/mol. The molecule has 0 radical (unpaired) electrons. The molecule has 800 valence electrons. The highest BCUT2D eigenvalue weighted by Gasteiger charge is 2.65. The van der Waals surface area contributed by atoms with E-state index in [9.17, 15) is 48.3 Å². The predicted octanol–water partition coefficient (Wildman–Crippen LogP) is 15.9. The van der Waals surface area contributed by atoms with Gasteiger partial charge >= 0.3 is 12.1 Å². The van der Waals surface area contributed by atoms with Crippen molar-refractivity contribution in [3.05, 3.63) is 256 Å². The maximum Gasteiger partial charge on any atom is 0.409 e. The second-order valence-corrected chi connectivity index (χ2v) is 41.0. The summed E-state index contributed by atoms with van der Waals surface area (Å²) in [6.07, 6.45) is 15.5. The van der Waals surface area contributed by atoms with Gasteiger partial charge in [0.15, 0.2) is 5.72 Å². The number of alkyl carbamates (subject to hydrolysis) is 1. The third kappa shape index (κ3) is 37.0. The second-order valence-electron chi connectivity index (χ2n) is 38.0. The Morgan fingerprint density at radius 1 is 0.631 bits per heavy atom. The number of pyridine rings is 2. The molecule has 2 fully saturated rings. The van der Waals surface area contributed by atoms with E-state index in [0.29, 0.717) is 131 Å². The van der Waals surface area contributed by atoms with Crippen LogP contribution in [-0.4, -0.2) is 242 Å². The maximum atomic E-state index is 14.5. The number of aromatic nitrogens is 6. The van der Waals surface area contributed by atoms with Crippen molar-refractivity contribution < 1.29 is 90.9 Å². The van der Waals surface area contributed by atoms with E-state index in [1.54, 1.807) is 70.0 Å². The number of unbranched alkanes of at least 4 members (excludes halogenated alkanes) is 5. The van der Waals surface area contributed by atoms with Gasteiger partial charge in [-0.3, -0.25) is 48.7 Å².